The maximum absolute atomic E-state index is 4.62. The first-order valence-corrected chi connectivity index (χ1v) is 7.03. The SMILES string of the molecule is CCNc1nc(-c2cnc(C)s2)nc2ccccc12. The van der Waals surface area contributed by atoms with E-state index in [0.717, 1.165) is 39.0 Å². The summed E-state index contributed by atoms with van der Waals surface area (Å²) in [6, 6.07) is 8.04. The Labute approximate surface area is 115 Å². The summed E-state index contributed by atoms with van der Waals surface area (Å²) in [4.78, 5) is 14.5. The Hall–Kier alpha value is -2.01. The zero-order chi connectivity index (χ0) is 13.2. The van der Waals surface area contributed by atoms with Crippen LogP contribution in [0.15, 0.2) is 30.5 Å². The normalized spacial score (nSPS) is 10.8. The zero-order valence-electron chi connectivity index (χ0n) is 10.8. The lowest BCUT2D eigenvalue weighted by molar-refractivity contribution is 1.15. The lowest BCUT2D eigenvalue weighted by Gasteiger charge is -2.08. The van der Waals surface area contributed by atoms with Crippen LogP contribution < -0.4 is 5.32 Å². The van der Waals surface area contributed by atoms with Gasteiger partial charge in [-0.25, -0.2) is 15.0 Å². The summed E-state index contributed by atoms with van der Waals surface area (Å²) >= 11 is 1.61. The molecule has 0 fully saturated rings. The molecule has 2 aromatic heterocycles. The Morgan fingerprint density at radius 3 is 2.79 bits per heavy atom. The van der Waals surface area contributed by atoms with Gasteiger partial charge in [0, 0.05) is 18.1 Å². The van der Waals surface area contributed by atoms with Crippen LogP contribution in [0.4, 0.5) is 5.82 Å². The molecule has 0 amide bonds. The number of anilines is 1. The third-order valence-electron chi connectivity index (χ3n) is 2.79. The fraction of sp³-hybridized carbons (Fsp3) is 0.214. The summed E-state index contributed by atoms with van der Waals surface area (Å²) in [5.41, 5.74) is 0.953. The second-order valence-electron chi connectivity index (χ2n) is 4.19. The molecule has 2 heterocycles. The van der Waals surface area contributed by atoms with Gasteiger partial charge in [0.1, 0.15) is 5.82 Å². The number of aromatic nitrogens is 3. The Morgan fingerprint density at radius 2 is 2.05 bits per heavy atom. The maximum atomic E-state index is 4.62. The van der Waals surface area contributed by atoms with Gasteiger partial charge in [0.25, 0.3) is 0 Å². The zero-order valence-corrected chi connectivity index (χ0v) is 11.7. The van der Waals surface area contributed by atoms with Gasteiger partial charge in [0.2, 0.25) is 0 Å². The summed E-state index contributed by atoms with van der Waals surface area (Å²) in [6.45, 7) is 4.88. The standard InChI is InChI=1S/C14H14N4S/c1-3-15-13-10-6-4-5-7-11(10)17-14(18-13)12-8-16-9(2)19-12/h4-8H,3H2,1-2H3,(H,15,17,18). The minimum atomic E-state index is 0.736. The highest BCUT2D eigenvalue weighted by Crippen LogP contribution is 2.27. The highest BCUT2D eigenvalue weighted by molar-refractivity contribution is 7.14. The van der Waals surface area contributed by atoms with E-state index in [9.17, 15) is 0 Å². The van der Waals surface area contributed by atoms with E-state index in [0.29, 0.717) is 0 Å². The maximum Gasteiger partial charge on any atom is 0.173 e. The van der Waals surface area contributed by atoms with E-state index in [4.69, 9.17) is 0 Å². The molecule has 1 N–H and O–H groups in total. The number of hydrogen-bond donors (Lipinski definition) is 1. The van der Waals surface area contributed by atoms with Crippen molar-refractivity contribution in [3.63, 3.8) is 0 Å². The Balaban J connectivity index is 2.21. The fourth-order valence-corrected chi connectivity index (χ4v) is 2.67. The quantitative estimate of drug-likeness (QED) is 0.791. The van der Waals surface area contributed by atoms with Crippen LogP contribution in [0.1, 0.15) is 11.9 Å². The first-order chi connectivity index (χ1) is 9.28. The topological polar surface area (TPSA) is 50.7 Å². The molecule has 4 nitrogen and oxygen atoms in total. The Kier molecular flexibility index (Phi) is 3.13. The lowest BCUT2D eigenvalue weighted by atomic mass is 10.2. The molecule has 0 saturated heterocycles. The largest absolute Gasteiger partial charge is 0.370 e. The van der Waals surface area contributed by atoms with E-state index in [-0.39, 0.29) is 0 Å². The van der Waals surface area contributed by atoms with Gasteiger partial charge in [-0.1, -0.05) is 12.1 Å². The number of rotatable bonds is 3. The minimum absolute atomic E-state index is 0.736. The molecule has 0 radical (unpaired) electrons. The number of nitrogens with one attached hydrogen (secondary N) is 1. The van der Waals surface area contributed by atoms with E-state index in [1.807, 2.05) is 37.4 Å². The first kappa shape index (κ1) is 12.0. The van der Waals surface area contributed by atoms with E-state index < -0.39 is 0 Å². The number of fused-ring (bicyclic) bond motifs is 1. The molecule has 1 aromatic carbocycles. The van der Waals surface area contributed by atoms with Crippen molar-refractivity contribution in [3.05, 3.63) is 35.5 Å². The fourth-order valence-electron chi connectivity index (χ4n) is 1.95. The summed E-state index contributed by atoms with van der Waals surface area (Å²) in [5, 5.41) is 5.38. The van der Waals surface area contributed by atoms with Crippen LogP contribution in [0.5, 0.6) is 0 Å². The molecule has 0 unspecified atom stereocenters. The molecule has 0 aliphatic rings. The van der Waals surface area contributed by atoms with E-state index in [1.54, 1.807) is 11.3 Å². The molecule has 96 valence electrons. The monoisotopic (exact) mass is 270 g/mol. The second kappa shape index (κ2) is 4.93. The highest BCUT2D eigenvalue weighted by Gasteiger charge is 2.10. The molecule has 5 heteroatoms. The van der Waals surface area contributed by atoms with Gasteiger partial charge in [0.15, 0.2) is 5.82 Å². The molecule has 0 spiro atoms. The van der Waals surface area contributed by atoms with Gasteiger partial charge in [0.05, 0.1) is 15.4 Å². The average Bonchev–Trinajstić information content (AvgIpc) is 2.86. The van der Waals surface area contributed by atoms with Crippen molar-refractivity contribution >= 4 is 28.1 Å². The van der Waals surface area contributed by atoms with E-state index in [1.165, 1.54) is 0 Å². The van der Waals surface area contributed by atoms with Crippen LogP contribution in [0.2, 0.25) is 0 Å². The van der Waals surface area contributed by atoms with Crippen molar-refractivity contribution in [2.75, 3.05) is 11.9 Å². The molecule has 19 heavy (non-hydrogen) atoms. The molecule has 3 aromatic rings. The number of aryl methyl sites for hydroxylation is 1. The van der Waals surface area contributed by atoms with Crippen LogP contribution in [-0.2, 0) is 0 Å². The number of nitrogens with zero attached hydrogens (tertiary/aromatic N) is 3. The van der Waals surface area contributed by atoms with E-state index in [2.05, 4.69) is 27.2 Å². The smallest absolute Gasteiger partial charge is 0.173 e. The number of benzene rings is 1. The van der Waals surface area contributed by atoms with Crippen LogP contribution >= 0.6 is 11.3 Å². The Bertz CT molecular complexity index is 720. The van der Waals surface area contributed by atoms with Crippen LogP contribution in [0.25, 0.3) is 21.6 Å². The summed E-state index contributed by atoms with van der Waals surface area (Å²) < 4.78 is 0. The Morgan fingerprint density at radius 1 is 1.21 bits per heavy atom. The number of hydrogen-bond acceptors (Lipinski definition) is 5. The molecule has 0 bridgehead atoms. The molecule has 0 aliphatic carbocycles. The van der Waals surface area contributed by atoms with Gasteiger partial charge in [-0.15, -0.1) is 11.3 Å². The third kappa shape index (κ3) is 2.29. The second-order valence-corrected chi connectivity index (χ2v) is 5.42. The molecular formula is C14H14N4S. The average molecular weight is 270 g/mol. The lowest BCUT2D eigenvalue weighted by Crippen LogP contribution is -2.02. The third-order valence-corrected chi connectivity index (χ3v) is 3.70. The molecule has 0 aliphatic heterocycles. The summed E-state index contributed by atoms with van der Waals surface area (Å²) in [7, 11) is 0. The van der Waals surface area contributed by atoms with E-state index >= 15 is 0 Å². The van der Waals surface area contributed by atoms with Gasteiger partial charge < -0.3 is 5.32 Å². The van der Waals surface area contributed by atoms with Crippen molar-refractivity contribution in [1.82, 2.24) is 15.0 Å². The summed E-state index contributed by atoms with van der Waals surface area (Å²) in [6.07, 6.45) is 1.83. The predicted octanol–water partition coefficient (Wildman–Crippen LogP) is 3.49. The molecule has 0 atom stereocenters. The van der Waals surface area contributed by atoms with Crippen LogP contribution in [-0.4, -0.2) is 21.5 Å². The number of para-hydroxylation sites is 1. The van der Waals surface area contributed by atoms with Gasteiger partial charge in [-0.2, -0.15) is 0 Å². The minimum Gasteiger partial charge on any atom is -0.370 e. The molecule has 3 rings (SSSR count). The molecular weight excluding hydrogens is 256 g/mol. The highest BCUT2D eigenvalue weighted by atomic mass is 32.1. The number of thiazole rings is 1. The van der Waals surface area contributed by atoms with Gasteiger partial charge in [-0.3, -0.25) is 0 Å². The van der Waals surface area contributed by atoms with Crippen molar-refractivity contribution in [1.29, 1.82) is 0 Å². The predicted molar refractivity (Wildman–Crippen MR) is 79.5 cm³/mol. The summed E-state index contributed by atoms with van der Waals surface area (Å²) in [5.74, 6) is 1.62. The molecule has 0 saturated carbocycles. The van der Waals surface area contributed by atoms with Crippen LogP contribution in [0.3, 0.4) is 0 Å². The van der Waals surface area contributed by atoms with Gasteiger partial charge >= 0.3 is 0 Å². The first-order valence-electron chi connectivity index (χ1n) is 6.21. The van der Waals surface area contributed by atoms with Crippen molar-refractivity contribution in [3.8, 4) is 10.7 Å². The van der Waals surface area contributed by atoms with Gasteiger partial charge in [-0.05, 0) is 26.0 Å². The van der Waals surface area contributed by atoms with Crippen molar-refractivity contribution < 1.29 is 0 Å². The van der Waals surface area contributed by atoms with Crippen molar-refractivity contribution in [2.45, 2.75) is 13.8 Å². The van der Waals surface area contributed by atoms with Crippen molar-refractivity contribution in [2.24, 2.45) is 0 Å². The van der Waals surface area contributed by atoms with Crippen LogP contribution in [0, 0.1) is 6.92 Å².